The minimum absolute atomic E-state index is 0.378. The van der Waals surface area contributed by atoms with Gasteiger partial charge in [0.1, 0.15) is 0 Å². The second-order valence-electron chi connectivity index (χ2n) is 5.62. The van der Waals surface area contributed by atoms with Crippen molar-refractivity contribution in [3.63, 3.8) is 0 Å². The standard InChI is InChI=1S/C12H21NO2/c1-9-6-12(14,10-4-5-15-7-10)8-13(9)11-2-3-11/h9-11,14H,2-8H2,1H3. The fourth-order valence-corrected chi connectivity index (χ4v) is 3.31. The first-order chi connectivity index (χ1) is 7.19. The summed E-state index contributed by atoms with van der Waals surface area (Å²) >= 11 is 0. The van der Waals surface area contributed by atoms with Crippen LogP contribution >= 0.6 is 0 Å². The first-order valence-corrected chi connectivity index (χ1v) is 6.25. The maximum absolute atomic E-state index is 10.7. The van der Waals surface area contributed by atoms with Crippen LogP contribution in [0.2, 0.25) is 0 Å². The maximum atomic E-state index is 10.7. The predicted molar refractivity (Wildman–Crippen MR) is 57.7 cm³/mol. The highest BCUT2D eigenvalue weighted by atomic mass is 16.5. The molecule has 1 N–H and O–H groups in total. The molecule has 3 rings (SSSR count). The minimum atomic E-state index is -0.460. The van der Waals surface area contributed by atoms with Crippen molar-refractivity contribution in [2.45, 2.75) is 50.3 Å². The first kappa shape index (κ1) is 10.1. The Balaban J connectivity index is 1.71. The summed E-state index contributed by atoms with van der Waals surface area (Å²) in [4.78, 5) is 2.51. The predicted octanol–water partition coefficient (Wildman–Crippen LogP) is 1.01. The van der Waals surface area contributed by atoms with Crippen molar-refractivity contribution in [3.8, 4) is 0 Å². The highest BCUT2D eigenvalue weighted by Crippen LogP contribution is 2.42. The molecule has 1 aliphatic carbocycles. The Kier molecular flexibility index (Phi) is 2.31. The lowest BCUT2D eigenvalue weighted by Gasteiger charge is -2.28. The van der Waals surface area contributed by atoms with Gasteiger partial charge < -0.3 is 9.84 Å². The van der Waals surface area contributed by atoms with Gasteiger partial charge in [-0.3, -0.25) is 4.90 Å². The van der Waals surface area contributed by atoms with Gasteiger partial charge in [0.2, 0.25) is 0 Å². The van der Waals surface area contributed by atoms with Gasteiger partial charge in [0.05, 0.1) is 12.2 Å². The van der Waals surface area contributed by atoms with E-state index in [1.807, 2.05) is 0 Å². The molecule has 0 spiro atoms. The third kappa shape index (κ3) is 1.71. The van der Waals surface area contributed by atoms with Crippen molar-refractivity contribution < 1.29 is 9.84 Å². The van der Waals surface area contributed by atoms with E-state index in [0.29, 0.717) is 12.0 Å². The van der Waals surface area contributed by atoms with Crippen molar-refractivity contribution in [2.75, 3.05) is 19.8 Å². The van der Waals surface area contributed by atoms with Crippen LogP contribution in [0.4, 0.5) is 0 Å². The van der Waals surface area contributed by atoms with Crippen molar-refractivity contribution >= 4 is 0 Å². The summed E-state index contributed by atoms with van der Waals surface area (Å²) in [6.07, 6.45) is 4.66. The summed E-state index contributed by atoms with van der Waals surface area (Å²) in [5, 5.41) is 10.7. The molecule has 2 saturated heterocycles. The summed E-state index contributed by atoms with van der Waals surface area (Å²) < 4.78 is 5.40. The zero-order chi connectivity index (χ0) is 10.5. The van der Waals surface area contributed by atoms with Crippen molar-refractivity contribution in [1.29, 1.82) is 0 Å². The van der Waals surface area contributed by atoms with E-state index in [4.69, 9.17) is 4.74 Å². The highest BCUT2D eigenvalue weighted by molar-refractivity contribution is 5.04. The van der Waals surface area contributed by atoms with Crippen LogP contribution in [-0.2, 0) is 4.74 Å². The van der Waals surface area contributed by atoms with E-state index >= 15 is 0 Å². The second kappa shape index (κ2) is 3.44. The Morgan fingerprint density at radius 3 is 2.73 bits per heavy atom. The minimum Gasteiger partial charge on any atom is -0.388 e. The SMILES string of the molecule is CC1CC(O)(C2CCOC2)CN1C1CC1. The normalized spacial score (nSPS) is 47.6. The van der Waals surface area contributed by atoms with E-state index in [1.165, 1.54) is 12.8 Å². The molecule has 3 atom stereocenters. The van der Waals surface area contributed by atoms with Gasteiger partial charge in [0.25, 0.3) is 0 Å². The molecule has 0 aromatic heterocycles. The molecule has 1 saturated carbocycles. The zero-order valence-electron chi connectivity index (χ0n) is 9.48. The molecule has 0 bridgehead atoms. The van der Waals surface area contributed by atoms with Crippen LogP contribution in [0.5, 0.6) is 0 Å². The molecule has 3 unspecified atom stereocenters. The largest absolute Gasteiger partial charge is 0.388 e. The summed E-state index contributed by atoms with van der Waals surface area (Å²) in [6, 6.07) is 1.33. The number of nitrogens with zero attached hydrogens (tertiary/aromatic N) is 1. The van der Waals surface area contributed by atoms with Gasteiger partial charge in [0, 0.05) is 31.2 Å². The van der Waals surface area contributed by atoms with Gasteiger partial charge in [-0.1, -0.05) is 0 Å². The number of hydrogen-bond donors (Lipinski definition) is 1. The maximum Gasteiger partial charge on any atom is 0.0839 e. The third-order valence-electron chi connectivity index (χ3n) is 4.38. The van der Waals surface area contributed by atoms with E-state index in [0.717, 1.165) is 38.6 Å². The molecule has 0 amide bonds. The molecule has 0 aromatic rings. The molecule has 3 aliphatic rings. The molecular weight excluding hydrogens is 190 g/mol. The van der Waals surface area contributed by atoms with E-state index in [-0.39, 0.29) is 0 Å². The lowest BCUT2D eigenvalue weighted by Crippen LogP contribution is -2.41. The van der Waals surface area contributed by atoms with E-state index in [9.17, 15) is 5.11 Å². The van der Waals surface area contributed by atoms with Crippen LogP contribution in [0.25, 0.3) is 0 Å². The van der Waals surface area contributed by atoms with Crippen LogP contribution in [-0.4, -0.2) is 47.4 Å². The molecule has 0 aromatic carbocycles. The summed E-state index contributed by atoms with van der Waals surface area (Å²) in [5.41, 5.74) is -0.460. The Morgan fingerprint density at radius 2 is 2.13 bits per heavy atom. The molecular formula is C12H21NO2. The number of rotatable bonds is 2. The molecule has 2 heterocycles. The monoisotopic (exact) mass is 211 g/mol. The molecule has 2 aliphatic heterocycles. The van der Waals surface area contributed by atoms with Gasteiger partial charge in [0.15, 0.2) is 0 Å². The topological polar surface area (TPSA) is 32.7 Å². The van der Waals surface area contributed by atoms with Gasteiger partial charge in [-0.15, -0.1) is 0 Å². The Labute approximate surface area is 91.4 Å². The van der Waals surface area contributed by atoms with E-state index in [1.54, 1.807) is 0 Å². The van der Waals surface area contributed by atoms with Gasteiger partial charge in [-0.25, -0.2) is 0 Å². The smallest absolute Gasteiger partial charge is 0.0839 e. The van der Waals surface area contributed by atoms with Crippen LogP contribution in [0.1, 0.15) is 32.6 Å². The quantitative estimate of drug-likeness (QED) is 0.740. The average Bonchev–Trinajstić information content (AvgIpc) is 2.77. The van der Waals surface area contributed by atoms with Gasteiger partial charge in [-0.05, 0) is 32.6 Å². The number of hydrogen-bond acceptors (Lipinski definition) is 3. The fourth-order valence-electron chi connectivity index (χ4n) is 3.31. The lowest BCUT2D eigenvalue weighted by atomic mass is 9.85. The number of aliphatic hydroxyl groups is 1. The van der Waals surface area contributed by atoms with Crippen LogP contribution in [0, 0.1) is 5.92 Å². The van der Waals surface area contributed by atoms with Crippen LogP contribution in [0.15, 0.2) is 0 Å². The van der Waals surface area contributed by atoms with Crippen molar-refractivity contribution in [3.05, 3.63) is 0 Å². The Hall–Kier alpha value is -0.120. The number of ether oxygens (including phenoxy) is 1. The summed E-state index contributed by atoms with van der Waals surface area (Å²) in [7, 11) is 0. The molecule has 86 valence electrons. The van der Waals surface area contributed by atoms with Crippen LogP contribution < -0.4 is 0 Å². The summed E-state index contributed by atoms with van der Waals surface area (Å²) in [5.74, 6) is 0.378. The number of β-amino-alcohol motifs (C(OH)–C–C–N with tert-alkyl or cyclic N) is 1. The number of likely N-dealkylation sites (tertiary alicyclic amines) is 1. The molecule has 0 radical (unpaired) electrons. The van der Waals surface area contributed by atoms with Crippen molar-refractivity contribution in [1.82, 2.24) is 4.90 Å². The second-order valence-corrected chi connectivity index (χ2v) is 5.62. The Morgan fingerprint density at radius 1 is 1.33 bits per heavy atom. The highest BCUT2D eigenvalue weighted by Gasteiger charge is 2.50. The summed E-state index contributed by atoms with van der Waals surface area (Å²) in [6.45, 7) is 4.74. The molecule has 3 fully saturated rings. The molecule has 3 nitrogen and oxygen atoms in total. The van der Waals surface area contributed by atoms with Gasteiger partial charge >= 0.3 is 0 Å². The zero-order valence-corrected chi connectivity index (χ0v) is 9.48. The lowest BCUT2D eigenvalue weighted by molar-refractivity contribution is -0.0132. The van der Waals surface area contributed by atoms with E-state index in [2.05, 4.69) is 11.8 Å². The van der Waals surface area contributed by atoms with E-state index < -0.39 is 5.60 Å². The molecule has 3 heteroatoms. The third-order valence-corrected chi connectivity index (χ3v) is 4.38. The van der Waals surface area contributed by atoms with Crippen LogP contribution in [0.3, 0.4) is 0 Å². The average molecular weight is 211 g/mol. The van der Waals surface area contributed by atoms with Crippen molar-refractivity contribution in [2.24, 2.45) is 5.92 Å². The first-order valence-electron chi connectivity index (χ1n) is 6.25. The Bertz CT molecular complexity index is 248. The van der Waals surface area contributed by atoms with Gasteiger partial charge in [-0.2, -0.15) is 0 Å². The fraction of sp³-hybridized carbons (Fsp3) is 1.00. The molecule has 15 heavy (non-hydrogen) atoms.